The van der Waals surface area contributed by atoms with Crippen LogP contribution in [0, 0.1) is 5.92 Å². The number of carbonyl (C=O) groups is 1. The summed E-state index contributed by atoms with van der Waals surface area (Å²) >= 11 is 1.33. The highest BCUT2D eigenvalue weighted by molar-refractivity contribution is 7.20. The van der Waals surface area contributed by atoms with Gasteiger partial charge in [-0.1, -0.05) is 18.3 Å². The number of likely N-dealkylation sites (tertiary alicyclic amines) is 1. The Kier molecular flexibility index (Phi) is 4.71. The van der Waals surface area contributed by atoms with Gasteiger partial charge in [-0.15, -0.1) is 0 Å². The van der Waals surface area contributed by atoms with E-state index < -0.39 is 0 Å². The van der Waals surface area contributed by atoms with E-state index in [1.54, 1.807) is 17.1 Å². The zero-order valence-corrected chi connectivity index (χ0v) is 17.5. The zero-order chi connectivity index (χ0) is 20.0. The highest BCUT2D eigenvalue weighted by Crippen LogP contribution is 2.29. The van der Waals surface area contributed by atoms with Crippen molar-refractivity contribution < 1.29 is 4.79 Å². The van der Waals surface area contributed by atoms with Gasteiger partial charge >= 0.3 is 0 Å². The Morgan fingerprint density at radius 2 is 2.00 bits per heavy atom. The first kappa shape index (κ1) is 18.5. The first-order chi connectivity index (χ1) is 14.0. The number of nitrogens with one attached hydrogen (secondary N) is 1. The lowest BCUT2D eigenvalue weighted by Crippen LogP contribution is -2.61. The van der Waals surface area contributed by atoms with E-state index in [0.717, 1.165) is 35.2 Å². The minimum Gasteiger partial charge on any atom is -0.353 e. The standard InChI is InChI=1S/C20H25N7OS/c1-13-5-7-26(8-6-13)15-11-27(12-15)17-4-3-16-19(24-17)29-20(23-16)18(28)22-14-9-21-25(2)10-14/h3-4,9-10,13,15H,5-8,11-12H2,1-2H3,(H,22,28). The summed E-state index contributed by atoms with van der Waals surface area (Å²) in [6.07, 6.45) is 5.99. The van der Waals surface area contributed by atoms with Gasteiger partial charge in [0.2, 0.25) is 0 Å². The lowest BCUT2D eigenvalue weighted by Gasteiger charge is -2.48. The number of aryl methyl sites for hydroxylation is 1. The summed E-state index contributed by atoms with van der Waals surface area (Å²) in [5.41, 5.74) is 1.42. The maximum absolute atomic E-state index is 12.5. The number of anilines is 2. The van der Waals surface area contributed by atoms with E-state index in [1.165, 1.54) is 37.3 Å². The van der Waals surface area contributed by atoms with Gasteiger partial charge in [0, 0.05) is 32.4 Å². The second-order valence-electron chi connectivity index (χ2n) is 8.15. The fourth-order valence-corrected chi connectivity index (χ4v) is 4.85. The third kappa shape index (κ3) is 3.72. The van der Waals surface area contributed by atoms with Crippen molar-refractivity contribution in [1.29, 1.82) is 0 Å². The van der Waals surface area contributed by atoms with Crippen LogP contribution in [0.4, 0.5) is 11.5 Å². The zero-order valence-electron chi connectivity index (χ0n) is 16.7. The molecule has 0 spiro atoms. The topological polar surface area (TPSA) is 79.2 Å². The van der Waals surface area contributed by atoms with Crippen molar-refractivity contribution >= 4 is 39.1 Å². The summed E-state index contributed by atoms with van der Waals surface area (Å²) in [7, 11) is 1.81. The molecule has 2 fully saturated rings. The van der Waals surface area contributed by atoms with E-state index in [4.69, 9.17) is 4.98 Å². The number of hydrogen-bond acceptors (Lipinski definition) is 7. The maximum Gasteiger partial charge on any atom is 0.284 e. The van der Waals surface area contributed by atoms with Gasteiger partial charge in [0.1, 0.15) is 16.2 Å². The van der Waals surface area contributed by atoms with E-state index in [1.807, 2.05) is 19.2 Å². The number of amides is 1. The van der Waals surface area contributed by atoms with Crippen LogP contribution in [0.1, 0.15) is 29.6 Å². The molecule has 3 aromatic rings. The summed E-state index contributed by atoms with van der Waals surface area (Å²) in [5, 5.41) is 7.30. The Labute approximate surface area is 173 Å². The summed E-state index contributed by atoms with van der Waals surface area (Å²) in [6.45, 7) is 6.84. The van der Waals surface area contributed by atoms with E-state index in [2.05, 4.69) is 32.1 Å². The predicted molar refractivity (Wildman–Crippen MR) is 115 cm³/mol. The van der Waals surface area contributed by atoms with Crippen molar-refractivity contribution in [2.75, 3.05) is 36.4 Å². The molecule has 0 aromatic carbocycles. The smallest absolute Gasteiger partial charge is 0.284 e. The molecule has 5 heterocycles. The van der Waals surface area contributed by atoms with Crippen LogP contribution in [0.25, 0.3) is 10.3 Å². The van der Waals surface area contributed by atoms with Crippen LogP contribution < -0.4 is 10.2 Å². The normalized spacial score (nSPS) is 18.9. The van der Waals surface area contributed by atoms with Crippen LogP contribution in [-0.2, 0) is 7.05 Å². The van der Waals surface area contributed by atoms with Crippen molar-refractivity contribution in [2.45, 2.75) is 25.8 Å². The molecule has 0 bridgehead atoms. The van der Waals surface area contributed by atoms with E-state index in [9.17, 15) is 4.79 Å². The Morgan fingerprint density at radius 3 is 2.72 bits per heavy atom. The van der Waals surface area contributed by atoms with Gasteiger partial charge in [-0.05, 0) is 44.0 Å². The van der Waals surface area contributed by atoms with Crippen LogP contribution in [0.3, 0.4) is 0 Å². The lowest BCUT2D eigenvalue weighted by atomic mass is 9.96. The third-order valence-electron chi connectivity index (χ3n) is 5.92. The highest BCUT2D eigenvalue weighted by Gasteiger charge is 2.34. The second-order valence-corrected chi connectivity index (χ2v) is 9.12. The van der Waals surface area contributed by atoms with E-state index in [0.29, 0.717) is 16.7 Å². The van der Waals surface area contributed by atoms with E-state index >= 15 is 0 Å². The highest BCUT2D eigenvalue weighted by atomic mass is 32.1. The fraction of sp³-hybridized carbons (Fsp3) is 0.500. The number of piperidine rings is 1. The number of fused-ring (bicyclic) bond motifs is 1. The Hall–Kier alpha value is -2.52. The van der Waals surface area contributed by atoms with Crippen LogP contribution in [-0.4, -0.2) is 62.8 Å². The minimum atomic E-state index is -0.231. The average Bonchev–Trinajstić information content (AvgIpc) is 3.27. The molecule has 0 saturated carbocycles. The number of pyridine rings is 1. The molecule has 2 aliphatic rings. The SMILES string of the molecule is CC1CCN(C2CN(c3ccc4nc(C(=O)Nc5cnn(C)c5)sc4n3)C2)CC1. The van der Waals surface area contributed by atoms with Crippen LogP contribution >= 0.6 is 11.3 Å². The molecule has 3 aromatic heterocycles. The summed E-state index contributed by atoms with van der Waals surface area (Å²) in [6, 6.07) is 4.62. The van der Waals surface area contributed by atoms with Crippen LogP contribution in [0.5, 0.6) is 0 Å². The molecule has 0 atom stereocenters. The number of carbonyl (C=O) groups excluding carboxylic acids is 1. The lowest BCUT2D eigenvalue weighted by molar-refractivity contribution is 0.102. The second kappa shape index (κ2) is 7.38. The largest absolute Gasteiger partial charge is 0.353 e. The Balaban J connectivity index is 1.25. The molecule has 29 heavy (non-hydrogen) atoms. The molecule has 1 amide bonds. The molecular formula is C20H25N7OS. The molecule has 9 heteroatoms. The van der Waals surface area contributed by atoms with Gasteiger partial charge in [-0.3, -0.25) is 14.4 Å². The summed E-state index contributed by atoms with van der Waals surface area (Å²) < 4.78 is 1.65. The molecule has 0 radical (unpaired) electrons. The van der Waals surface area contributed by atoms with Gasteiger partial charge in [0.25, 0.3) is 5.91 Å². The monoisotopic (exact) mass is 411 g/mol. The van der Waals surface area contributed by atoms with Gasteiger partial charge in [0.05, 0.1) is 11.9 Å². The van der Waals surface area contributed by atoms with Crippen molar-refractivity contribution in [2.24, 2.45) is 13.0 Å². The van der Waals surface area contributed by atoms with Gasteiger partial charge in [-0.25, -0.2) is 9.97 Å². The summed E-state index contributed by atoms with van der Waals surface area (Å²) in [4.78, 5) is 27.4. The first-order valence-corrected chi connectivity index (χ1v) is 10.9. The van der Waals surface area contributed by atoms with Crippen molar-refractivity contribution in [3.63, 3.8) is 0 Å². The number of hydrogen-bond donors (Lipinski definition) is 1. The molecule has 152 valence electrons. The molecule has 1 N–H and O–H groups in total. The average molecular weight is 412 g/mol. The molecule has 5 rings (SSSR count). The van der Waals surface area contributed by atoms with Crippen molar-refractivity contribution in [3.05, 3.63) is 29.5 Å². The first-order valence-electron chi connectivity index (χ1n) is 10.1. The Bertz CT molecular complexity index is 1030. The molecule has 2 saturated heterocycles. The van der Waals surface area contributed by atoms with Gasteiger partial charge in [0.15, 0.2) is 5.01 Å². The van der Waals surface area contributed by atoms with Crippen LogP contribution in [0.2, 0.25) is 0 Å². The fourth-order valence-electron chi connectivity index (χ4n) is 4.02. The quantitative estimate of drug-likeness (QED) is 0.711. The molecule has 0 aliphatic carbocycles. The third-order valence-corrected chi connectivity index (χ3v) is 6.88. The van der Waals surface area contributed by atoms with Crippen LogP contribution in [0.15, 0.2) is 24.5 Å². The number of thiazole rings is 1. The van der Waals surface area contributed by atoms with Crippen molar-refractivity contribution in [3.8, 4) is 0 Å². The van der Waals surface area contributed by atoms with Crippen molar-refractivity contribution in [1.82, 2.24) is 24.6 Å². The number of rotatable bonds is 4. The Morgan fingerprint density at radius 1 is 1.21 bits per heavy atom. The predicted octanol–water partition coefficient (Wildman–Crippen LogP) is 2.60. The minimum absolute atomic E-state index is 0.231. The van der Waals surface area contributed by atoms with E-state index in [-0.39, 0.29) is 5.91 Å². The number of nitrogens with zero attached hydrogens (tertiary/aromatic N) is 6. The maximum atomic E-state index is 12.5. The summed E-state index contributed by atoms with van der Waals surface area (Å²) in [5.74, 6) is 1.61. The van der Waals surface area contributed by atoms with Gasteiger partial charge < -0.3 is 10.2 Å². The molecule has 2 aliphatic heterocycles. The number of aromatic nitrogens is 4. The van der Waals surface area contributed by atoms with Gasteiger partial charge in [-0.2, -0.15) is 5.10 Å². The molecule has 0 unspecified atom stereocenters. The molecular weight excluding hydrogens is 386 g/mol. The molecule has 8 nitrogen and oxygen atoms in total.